The number of aryl methyl sites for hydroxylation is 1. The Hall–Kier alpha value is -2.09. The molecule has 2 rings (SSSR count). The van der Waals surface area contributed by atoms with Crippen LogP contribution in [0, 0.1) is 11.8 Å². The Kier molecular flexibility index (Phi) is 10.6. The number of nitrogens with one attached hydrogen (secondary N) is 1. The Labute approximate surface area is 217 Å². The van der Waals surface area contributed by atoms with Crippen molar-refractivity contribution in [2.24, 2.45) is 11.8 Å². The van der Waals surface area contributed by atoms with E-state index in [1.54, 1.807) is 42.5 Å². The average Bonchev–Trinajstić information content (AvgIpc) is 2.73. The highest BCUT2D eigenvalue weighted by Gasteiger charge is 2.45. The Bertz CT molecular complexity index is 1050. The van der Waals surface area contributed by atoms with Crippen LogP contribution in [0.25, 0.3) is 0 Å². The normalized spacial score (nSPS) is 13.4. The monoisotopic (exact) mass is 549 g/mol. The summed E-state index contributed by atoms with van der Waals surface area (Å²) in [6, 6.07) is 10.3. The quantitative estimate of drug-likeness (QED) is 0.340. The summed E-state index contributed by atoms with van der Waals surface area (Å²) >= 11 is 18.0. The van der Waals surface area contributed by atoms with Gasteiger partial charge in [0, 0.05) is 33.8 Å². The lowest BCUT2D eigenvalue weighted by Gasteiger charge is -2.24. The molecule has 2 aromatic rings. The lowest BCUT2D eigenvalue weighted by Crippen LogP contribution is -2.45. The van der Waals surface area contributed by atoms with E-state index in [1.807, 2.05) is 0 Å². The first-order valence-electron chi connectivity index (χ1n) is 10.9. The Balaban J connectivity index is 2.19. The predicted octanol–water partition coefficient (Wildman–Crippen LogP) is 6.67. The smallest absolute Gasteiger partial charge is 0.346 e. The number of rotatable bonds is 11. The van der Waals surface area contributed by atoms with Gasteiger partial charge in [-0.2, -0.15) is 13.2 Å². The zero-order valence-electron chi connectivity index (χ0n) is 19.1. The van der Waals surface area contributed by atoms with Crippen molar-refractivity contribution < 1.29 is 27.6 Å². The fraction of sp³-hybridized carbons (Fsp3) is 0.400. The molecule has 35 heavy (non-hydrogen) atoms. The zero-order chi connectivity index (χ0) is 26.3. The minimum atomic E-state index is -5.06. The molecule has 1 N–H and O–H groups in total. The minimum absolute atomic E-state index is 0.00884. The molecule has 0 spiro atoms. The Morgan fingerprint density at radius 3 is 2.06 bits per heavy atom. The van der Waals surface area contributed by atoms with Gasteiger partial charge in [0.05, 0.1) is 6.04 Å². The lowest BCUT2D eigenvalue weighted by molar-refractivity contribution is -0.177. The van der Waals surface area contributed by atoms with E-state index in [-0.39, 0.29) is 19.3 Å². The van der Waals surface area contributed by atoms with Crippen molar-refractivity contribution in [3.63, 3.8) is 0 Å². The molecule has 190 valence electrons. The maximum absolute atomic E-state index is 13.1. The van der Waals surface area contributed by atoms with Gasteiger partial charge in [-0.15, -0.1) is 0 Å². The van der Waals surface area contributed by atoms with E-state index in [4.69, 9.17) is 34.8 Å². The topological polar surface area (TPSA) is 63.2 Å². The molecule has 0 aromatic heterocycles. The molecule has 0 unspecified atom stereocenters. The molecule has 0 fully saturated rings. The number of alkyl halides is 3. The van der Waals surface area contributed by atoms with E-state index in [0.29, 0.717) is 26.2 Å². The summed E-state index contributed by atoms with van der Waals surface area (Å²) in [5, 5.41) is 3.85. The fourth-order valence-electron chi connectivity index (χ4n) is 3.63. The zero-order valence-corrected chi connectivity index (χ0v) is 21.4. The first-order chi connectivity index (χ1) is 16.3. The molecule has 0 radical (unpaired) electrons. The molecular formula is C25H25Cl3F3NO3. The van der Waals surface area contributed by atoms with Crippen LogP contribution in [0.1, 0.15) is 37.8 Å². The van der Waals surface area contributed by atoms with Gasteiger partial charge in [0.2, 0.25) is 11.7 Å². The van der Waals surface area contributed by atoms with Gasteiger partial charge in [-0.05, 0) is 60.2 Å². The third kappa shape index (κ3) is 9.47. The highest BCUT2D eigenvalue weighted by Crippen LogP contribution is 2.28. The lowest BCUT2D eigenvalue weighted by atomic mass is 9.84. The van der Waals surface area contributed by atoms with E-state index in [9.17, 15) is 27.6 Å². The van der Waals surface area contributed by atoms with Gasteiger partial charge in [0.15, 0.2) is 5.78 Å². The molecule has 0 aliphatic heterocycles. The molecule has 0 heterocycles. The number of benzene rings is 2. The number of Topliss-reactive ketones (excluding diaryl/α,β-unsaturated/α-hetero) is 2. The first kappa shape index (κ1) is 29.1. The minimum Gasteiger partial charge on any atom is -0.346 e. The number of hydrogen-bond acceptors (Lipinski definition) is 3. The van der Waals surface area contributed by atoms with Crippen LogP contribution in [0.2, 0.25) is 15.1 Å². The van der Waals surface area contributed by atoms with Crippen molar-refractivity contribution in [3.05, 3.63) is 68.7 Å². The van der Waals surface area contributed by atoms with Crippen LogP contribution < -0.4 is 5.32 Å². The Morgan fingerprint density at radius 2 is 1.51 bits per heavy atom. The van der Waals surface area contributed by atoms with Gasteiger partial charge in [0.25, 0.3) is 0 Å². The fourth-order valence-corrected chi connectivity index (χ4v) is 4.41. The molecule has 0 saturated heterocycles. The van der Waals surface area contributed by atoms with Gasteiger partial charge < -0.3 is 5.32 Å². The largest absolute Gasteiger partial charge is 0.450 e. The van der Waals surface area contributed by atoms with E-state index >= 15 is 0 Å². The van der Waals surface area contributed by atoms with Gasteiger partial charge >= 0.3 is 6.18 Å². The SMILES string of the molecule is CC(C)[C@H](CC(=O)[C@H](Cc1cccc(Cl)c1)NC(=O)CCc1cc(Cl)cc(Cl)c1)C(=O)C(F)(F)F. The maximum Gasteiger partial charge on any atom is 0.450 e. The molecule has 0 bridgehead atoms. The van der Waals surface area contributed by atoms with Crippen LogP contribution in [0.5, 0.6) is 0 Å². The summed E-state index contributed by atoms with van der Waals surface area (Å²) in [6.45, 7) is 2.89. The maximum atomic E-state index is 13.1. The van der Waals surface area contributed by atoms with Crippen LogP contribution in [0.15, 0.2) is 42.5 Å². The summed E-state index contributed by atoms with van der Waals surface area (Å²) in [5.74, 6) is -5.37. The van der Waals surface area contributed by atoms with E-state index in [2.05, 4.69) is 5.32 Å². The highest BCUT2D eigenvalue weighted by molar-refractivity contribution is 6.34. The number of hydrogen-bond donors (Lipinski definition) is 1. The molecule has 10 heteroatoms. The van der Waals surface area contributed by atoms with Crippen LogP contribution in [0.4, 0.5) is 13.2 Å². The molecule has 0 aliphatic carbocycles. The third-order valence-electron chi connectivity index (χ3n) is 5.46. The van der Waals surface area contributed by atoms with Crippen LogP contribution >= 0.6 is 34.8 Å². The van der Waals surface area contributed by atoms with Crippen LogP contribution in [-0.4, -0.2) is 29.7 Å². The van der Waals surface area contributed by atoms with Crippen LogP contribution in [0.3, 0.4) is 0 Å². The summed E-state index contributed by atoms with van der Waals surface area (Å²) < 4.78 is 39.2. The van der Waals surface area contributed by atoms with Crippen molar-refractivity contribution in [3.8, 4) is 0 Å². The van der Waals surface area contributed by atoms with Crippen LogP contribution in [-0.2, 0) is 27.2 Å². The van der Waals surface area contributed by atoms with Crippen molar-refractivity contribution in [1.82, 2.24) is 5.32 Å². The average molecular weight is 551 g/mol. The van der Waals surface area contributed by atoms with Gasteiger partial charge in [-0.1, -0.05) is 60.8 Å². The molecule has 1 amide bonds. The van der Waals surface area contributed by atoms with E-state index in [0.717, 1.165) is 0 Å². The number of ketones is 2. The van der Waals surface area contributed by atoms with Crippen molar-refractivity contribution in [2.45, 2.75) is 51.7 Å². The summed E-state index contributed by atoms with van der Waals surface area (Å²) in [7, 11) is 0. The molecule has 2 atom stereocenters. The van der Waals surface area contributed by atoms with Gasteiger partial charge in [-0.3, -0.25) is 14.4 Å². The third-order valence-corrected chi connectivity index (χ3v) is 6.13. The number of carbonyl (C=O) groups excluding carboxylic acids is 3. The standard InChI is InChI=1S/C25H25Cl3F3NO3/c1-14(2)20(24(35)25(29,30)31)13-22(33)21(11-15-4-3-5-17(26)8-15)32-23(34)7-6-16-9-18(27)12-19(28)10-16/h3-5,8-10,12,14,20-21H,6-7,11,13H2,1-2H3,(H,32,34)/t20-,21-/m0/s1. The molecule has 2 aromatic carbocycles. The molecule has 0 aliphatic rings. The van der Waals surface area contributed by atoms with Gasteiger partial charge in [0.1, 0.15) is 0 Å². The van der Waals surface area contributed by atoms with Crippen molar-refractivity contribution >= 4 is 52.3 Å². The van der Waals surface area contributed by atoms with Crippen molar-refractivity contribution in [1.29, 1.82) is 0 Å². The second kappa shape index (κ2) is 12.7. The molecule has 0 saturated carbocycles. The summed E-state index contributed by atoms with van der Waals surface area (Å²) in [5.41, 5.74) is 1.33. The number of amides is 1. The summed E-state index contributed by atoms with van der Waals surface area (Å²) in [6.07, 6.45) is -5.42. The summed E-state index contributed by atoms with van der Waals surface area (Å²) in [4.78, 5) is 37.6. The second-order valence-corrected chi connectivity index (χ2v) is 9.92. The number of halogens is 6. The Morgan fingerprint density at radius 1 is 0.914 bits per heavy atom. The first-order valence-corrected chi connectivity index (χ1v) is 12.0. The second-order valence-electron chi connectivity index (χ2n) is 8.61. The predicted molar refractivity (Wildman–Crippen MR) is 131 cm³/mol. The van der Waals surface area contributed by atoms with E-state index in [1.165, 1.54) is 13.8 Å². The van der Waals surface area contributed by atoms with Gasteiger partial charge in [-0.25, -0.2) is 0 Å². The van der Waals surface area contributed by atoms with E-state index < -0.39 is 47.9 Å². The molecule has 4 nitrogen and oxygen atoms in total. The highest BCUT2D eigenvalue weighted by atomic mass is 35.5. The number of carbonyl (C=O) groups is 3. The van der Waals surface area contributed by atoms with Crippen molar-refractivity contribution in [2.75, 3.05) is 0 Å². The molecular weight excluding hydrogens is 526 g/mol.